The molecule has 1 aromatic carbocycles. The molecule has 1 aromatic rings. The summed E-state index contributed by atoms with van der Waals surface area (Å²) in [6.45, 7) is 6.76. The molecule has 118 valence electrons. The fourth-order valence-corrected chi connectivity index (χ4v) is 3.15. The molecule has 1 atom stereocenters. The van der Waals surface area contributed by atoms with Crippen molar-refractivity contribution in [3.63, 3.8) is 0 Å². The number of nitrogens with zero attached hydrogens (tertiary/aromatic N) is 1. The molecule has 0 bridgehead atoms. The molecule has 0 spiro atoms. The number of nitrogens with two attached hydrogens (primary N) is 1. The first-order chi connectivity index (χ1) is 10.0. The van der Waals surface area contributed by atoms with Gasteiger partial charge in [0, 0.05) is 31.8 Å². The van der Waals surface area contributed by atoms with Crippen LogP contribution in [0.5, 0.6) is 0 Å². The number of hydrogen-bond donors (Lipinski definition) is 2. The third kappa shape index (κ3) is 4.29. The molecular formula is C18H30N2O. The quantitative estimate of drug-likeness (QED) is 0.774. The second kappa shape index (κ2) is 7.39. The van der Waals surface area contributed by atoms with E-state index < -0.39 is 0 Å². The number of rotatable bonds is 8. The lowest BCUT2D eigenvalue weighted by molar-refractivity contribution is 0.0649. The maximum Gasteiger partial charge on any atom is 0.0443 e. The molecule has 0 saturated heterocycles. The highest BCUT2D eigenvalue weighted by Gasteiger charge is 2.33. The van der Waals surface area contributed by atoms with Gasteiger partial charge in [0.25, 0.3) is 0 Å². The Labute approximate surface area is 129 Å². The highest BCUT2D eigenvalue weighted by molar-refractivity contribution is 5.20. The lowest BCUT2D eigenvalue weighted by Crippen LogP contribution is -2.48. The minimum atomic E-state index is 0.0202. The Bertz CT molecular complexity index is 414. The molecule has 3 nitrogen and oxygen atoms in total. The minimum absolute atomic E-state index is 0.0202. The second-order valence-electron chi connectivity index (χ2n) is 7.01. The van der Waals surface area contributed by atoms with Gasteiger partial charge in [0.05, 0.1) is 0 Å². The lowest BCUT2D eigenvalue weighted by Gasteiger charge is -2.44. The molecule has 0 aromatic heterocycles. The summed E-state index contributed by atoms with van der Waals surface area (Å²) in [5.74, 6) is 0. The first-order valence-corrected chi connectivity index (χ1v) is 8.20. The largest absolute Gasteiger partial charge is 0.396 e. The van der Waals surface area contributed by atoms with Crippen molar-refractivity contribution in [3.05, 3.63) is 35.9 Å². The van der Waals surface area contributed by atoms with Gasteiger partial charge in [0.15, 0.2) is 0 Å². The fraction of sp³-hybridized carbons (Fsp3) is 0.667. The van der Waals surface area contributed by atoms with E-state index >= 15 is 0 Å². The smallest absolute Gasteiger partial charge is 0.0443 e. The predicted molar refractivity (Wildman–Crippen MR) is 88.1 cm³/mol. The molecule has 3 heteroatoms. The zero-order valence-electron chi connectivity index (χ0n) is 13.5. The van der Waals surface area contributed by atoms with E-state index in [1.807, 2.05) is 6.07 Å². The molecule has 0 amide bonds. The Kier molecular flexibility index (Phi) is 5.80. The SMILES string of the molecule is CC(C)(CN(CCCO)C1CCC1)C(N)c1ccccc1. The number of benzene rings is 1. The van der Waals surface area contributed by atoms with Crippen molar-refractivity contribution in [1.82, 2.24) is 4.90 Å². The second-order valence-corrected chi connectivity index (χ2v) is 7.01. The third-order valence-corrected chi connectivity index (χ3v) is 4.81. The summed E-state index contributed by atoms with van der Waals surface area (Å²) >= 11 is 0. The maximum absolute atomic E-state index is 9.12. The summed E-state index contributed by atoms with van der Waals surface area (Å²) in [5, 5.41) is 9.12. The molecule has 21 heavy (non-hydrogen) atoms. The minimum Gasteiger partial charge on any atom is -0.396 e. The summed E-state index contributed by atoms with van der Waals surface area (Å²) in [6, 6.07) is 11.1. The van der Waals surface area contributed by atoms with E-state index in [4.69, 9.17) is 10.8 Å². The molecule has 1 fully saturated rings. The third-order valence-electron chi connectivity index (χ3n) is 4.81. The van der Waals surface area contributed by atoms with Crippen molar-refractivity contribution in [2.24, 2.45) is 11.1 Å². The Morgan fingerprint density at radius 2 is 1.95 bits per heavy atom. The van der Waals surface area contributed by atoms with Crippen molar-refractivity contribution in [2.75, 3.05) is 19.7 Å². The van der Waals surface area contributed by atoms with Gasteiger partial charge in [-0.1, -0.05) is 50.6 Å². The van der Waals surface area contributed by atoms with Crippen LogP contribution in [-0.2, 0) is 0 Å². The Balaban J connectivity index is 2.02. The summed E-state index contributed by atoms with van der Waals surface area (Å²) in [6.07, 6.45) is 4.78. The van der Waals surface area contributed by atoms with E-state index in [-0.39, 0.29) is 18.1 Å². The Hall–Kier alpha value is -0.900. The summed E-state index contributed by atoms with van der Waals surface area (Å²) in [7, 11) is 0. The molecule has 0 radical (unpaired) electrons. The van der Waals surface area contributed by atoms with Crippen LogP contribution in [0.25, 0.3) is 0 Å². The summed E-state index contributed by atoms with van der Waals surface area (Å²) in [4.78, 5) is 2.54. The zero-order chi connectivity index (χ0) is 15.3. The van der Waals surface area contributed by atoms with E-state index in [1.54, 1.807) is 0 Å². The number of aliphatic hydroxyl groups excluding tert-OH is 1. The molecule has 1 aliphatic rings. The van der Waals surface area contributed by atoms with Crippen LogP contribution >= 0.6 is 0 Å². The molecule has 2 rings (SSSR count). The highest BCUT2D eigenvalue weighted by Crippen LogP contribution is 2.35. The molecule has 1 saturated carbocycles. The van der Waals surface area contributed by atoms with Gasteiger partial charge in [-0.3, -0.25) is 4.90 Å². The van der Waals surface area contributed by atoms with Crippen LogP contribution in [0.15, 0.2) is 30.3 Å². The highest BCUT2D eigenvalue weighted by atomic mass is 16.3. The van der Waals surface area contributed by atoms with Gasteiger partial charge in [-0.25, -0.2) is 0 Å². The Morgan fingerprint density at radius 1 is 1.29 bits per heavy atom. The Morgan fingerprint density at radius 3 is 2.48 bits per heavy atom. The van der Waals surface area contributed by atoms with E-state index in [1.165, 1.54) is 24.8 Å². The monoisotopic (exact) mass is 290 g/mol. The fourth-order valence-electron chi connectivity index (χ4n) is 3.15. The van der Waals surface area contributed by atoms with Crippen LogP contribution in [-0.4, -0.2) is 35.7 Å². The van der Waals surface area contributed by atoms with Crippen molar-refractivity contribution >= 4 is 0 Å². The van der Waals surface area contributed by atoms with Crippen molar-refractivity contribution in [2.45, 2.75) is 51.6 Å². The first kappa shape index (κ1) is 16.5. The van der Waals surface area contributed by atoms with Crippen molar-refractivity contribution in [1.29, 1.82) is 0 Å². The molecular weight excluding hydrogens is 260 g/mol. The molecule has 0 heterocycles. The number of hydrogen-bond acceptors (Lipinski definition) is 3. The van der Waals surface area contributed by atoms with Gasteiger partial charge in [-0.05, 0) is 30.2 Å². The van der Waals surface area contributed by atoms with Crippen LogP contribution in [0.4, 0.5) is 0 Å². The van der Waals surface area contributed by atoms with Crippen LogP contribution in [0.2, 0.25) is 0 Å². The summed E-state index contributed by atoms with van der Waals surface area (Å²) < 4.78 is 0. The van der Waals surface area contributed by atoms with Gasteiger partial charge in [-0.15, -0.1) is 0 Å². The average molecular weight is 290 g/mol. The van der Waals surface area contributed by atoms with Gasteiger partial charge < -0.3 is 10.8 Å². The van der Waals surface area contributed by atoms with Crippen LogP contribution in [0.1, 0.15) is 51.1 Å². The van der Waals surface area contributed by atoms with Gasteiger partial charge in [0.1, 0.15) is 0 Å². The average Bonchev–Trinajstić information content (AvgIpc) is 2.42. The van der Waals surface area contributed by atoms with E-state index in [9.17, 15) is 0 Å². The van der Waals surface area contributed by atoms with Crippen molar-refractivity contribution in [3.8, 4) is 0 Å². The van der Waals surface area contributed by atoms with Gasteiger partial charge >= 0.3 is 0 Å². The summed E-state index contributed by atoms with van der Waals surface area (Å²) in [5.41, 5.74) is 7.76. The van der Waals surface area contributed by atoms with Crippen molar-refractivity contribution < 1.29 is 5.11 Å². The molecule has 1 aliphatic carbocycles. The molecule has 1 unspecified atom stereocenters. The topological polar surface area (TPSA) is 49.5 Å². The van der Waals surface area contributed by atoms with E-state index in [2.05, 4.69) is 43.0 Å². The standard InChI is InChI=1S/C18H30N2O/c1-18(2,17(19)15-8-4-3-5-9-15)14-20(12-7-13-21)16-10-6-11-16/h3-5,8-9,16-17,21H,6-7,10-14,19H2,1-2H3. The van der Waals surface area contributed by atoms with Gasteiger partial charge in [0.2, 0.25) is 0 Å². The maximum atomic E-state index is 9.12. The van der Waals surface area contributed by atoms with Crippen LogP contribution in [0.3, 0.4) is 0 Å². The number of aliphatic hydroxyl groups is 1. The lowest BCUT2D eigenvalue weighted by atomic mass is 9.79. The normalized spacial score (nSPS) is 17.8. The van der Waals surface area contributed by atoms with E-state index in [0.717, 1.165) is 19.5 Å². The molecule has 0 aliphatic heterocycles. The predicted octanol–water partition coefficient (Wildman–Crippen LogP) is 2.95. The van der Waals surface area contributed by atoms with Crippen LogP contribution in [0, 0.1) is 5.41 Å². The first-order valence-electron chi connectivity index (χ1n) is 8.20. The molecule has 3 N–H and O–H groups in total. The zero-order valence-corrected chi connectivity index (χ0v) is 13.5. The van der Waals surface area contributed by atoms with Crippen LogP contribution < -0.4 is 5.73 Å². The van der Waals surface area contributed by atoms with Gasteiger partial charge in [-0.2, -0.15) is 0 Å². The van der Waals surface area contributed by atoms with E-state index in [0.29, 0.717) is 6.04 Å².